The lowest BCUT2D eigenvalue weighted by atomic mass is 10.2. The maximum Gasteiger partial charge on any atom is 0.321 e. The molecule has 0 saturated carbocycles. The number of benzene rings is 1. The van der Waals surface area contributed by atoms with E-state index in [4.69, 9.17) is 4.98 Å². The van der Waals surface area contributed by atoms with Gasteiger partial charge in [0, 0.05) is 6.54 Å². The number of amides is 3. The van der Waals surface area contributed by atoms with Crippen LogP contribution in [0.1, 0.15) is 30.8 Å². The van der Waals surface area contributed by atoms with Gasteiger partial charge in [-0.25, -0.2) is 9.78 Å². The highest BCUT2D eigenvalue weighted by Crippen LogP contribution is 2.36. The number of thiazole rings is 1. The topological polar surface area (TPSA) is 74.3 Å². The highest BCUT2D eigenvalue weighted by atomic mass is 32.1. The van der Waals surface area contributed by atoms with Crippen molar-refractivity contribution in [1.29, 1.82) is 0 Å². The fraction of sp³-hybridized carbons (Fsp3) is 0.438. The molecule has 1 unspecified atom stereocenters. The number of hydrogen-bond donors (Lipinski definition) is 2. The first kappa shape index (κ1) is 15.9. The van der Waals surface area contributed by atoms with Crippen LogP contribution in [0.25, 0.3) is 10.2 Å². The standard InChI is InChI=1S/C16H20N4O2S/c1-2-17-16(22)19-14(21)10-20-9-5-7-12(20)15-18-11-6-3-4-8-13(11)23-15/h3-4,6,8,12H,2,5,7,9-10H2,1H3,(H2,17,19,21,22). The van der Waals surface area contributed by atoms with Gasteiger partial charge in [0.15, 0.2) is 0 Å². The lowest BCUT2D eigenvalue weighted by molar-refractivity contribution is -0.121. The molecular formula is C16H20N4O2S. The summed E-state index contributed by atoms with van der Waals surface area (Å²) in [5, 5.41) is 5.97. The number of hydrogen-bond acceptors (Lipinski definition) is 5. The molecular weight excluding hydrogens is 312 g/mol. The number of carbonyl (C=O) groups excluding carboxylic acids is 2. The van der Waals surface area contributed by atoms with E-state index in [0.717, 1.165) is 29.9 Å². The quantitative estimate of drug-likeness (QED) is 0.901. The third-order valence-corrected chi connectivity index (χ3v) is 5.03. The van der Waals surface area contributed by atoms with Crippen LogP contribution < -0.4 is 10.6 Å². The fourth-order valence-corrected chi connectivity index (χ4v) is 4.02. The van der Waals surface area contributed by atoms with E-state index in [1.54, 1.807) is 11.3 Å². The van der Waals surface area contributed by atoms with E-state index in [0.29, 0.717) is 6.54 Å². The number of fused-ring (bicyclic) bond motifs is 1. The highest BCUT2D eigenvalue weighted by molar-refractivity contribution is 7.18. The summed E-state index contributed by atoms with van der Waals surface area (Å²) in [5.41, 5.74) is 1.01. The van der Waals surface area contributed by atoms with Crippen molar-refractivity contribution < 1.29 is 9.59 Å². The summed E-state index contributed by atoms with van der Waals surface area (Å²) in [7, 11) is 0. The van der Waals surface area contributed by atoms with Gasteiger partial charge in [-0.2, -0.15) is 0 Å². The van der Waals surface area contributed by atoms with Gasteiger partial charge in [-0.05, 0) is 38.4 Å². The van der Waals surface area contributed by atoms with Gasteiger partial charge >= 0.3 is 6.03 Å². The average molecular weight is 332 g/mol. The van der Waals surface area contributed by atoms with Crippen molar-refractivity contribution in [1.82, 2.24) is 20.5 Å². The van der Waals surface area contributed by atoms with E-state index >= 15 is 0 Å². The Morgan fingerprint density at radius 1 is 1.39 bits per heavy atom. The minimum Gasteiger partial charge on any atom is -0.338 e. The Morgan fingerprint density at radius 3 is 3.00 bits per heavy atom. The summed E-state index contributed by atoms with van der Waals surface area (Å²) in [6, 6.07) is 7.79. The van der Waals surface area contributed by atoms with Crippen LogP contribution in [-0.2, 0) is 4.79 Å². The van der Waals surface area contributed by atoms with E-state index in [2.05, 4.69) is 21.6 Å². The van der Waals surface area contributed by atoms with Gasteiger partial charge < -0.3 is 5.32 Å². The Labute approximate surface area is 138 Å². The first-order valence-corrected chi connectivity index (χ1v) is 8.66. The largest absolute Gasteiger partial charge is 0.338 e. The van der Waals surface area contributed by atoms with Crippen LogP contribution in [0.4, 0.5) is 4.79 Å². The predicted molar refractivity (Wildman–Crippen MR) is 90.4 cm³/mol. The van der Waals surface area contributed by atoms with Gasteiger partial charge in [0.25, 0.3) is 0 Å². The molecule has 122 valence electrons. The van der Waals surface area contributed by atoms with Crippen molar-refractivity contribution in [2.24, 2.45) is 0 Å². The van der Waals surface area contributed by atoms with E-state index in [-0.39, 0.29) is 18.5 Å². The number of aromatic nitrogens is 1. The number of imide groups is 1. The van der Waals surface area contributed by atoms with Crippen LogP contribution in [0.5, 0.6) is 0 Å². The molecule has 1 aliphatic heterocycles. The molecule has 2 aromatic rings. The summed E-state index contributed by atoms with van der Waals surface area (Å²) in [6.07, 6.45) is 2.03. The van der Waals surface area contributed by atoms with Gasteiger partial charge in [-0.3, -0.25) is 15.0 Å². The Kier molecular flexibility index (Phi) is 4.88. The van der Waals surface area contributed by atoms with Crippen LogP contribution in [0.3, 0.4) is 0 Å². The third kappa shape index (κ3) is 3.68. The number of nitrogens with one attached hydrogen (secondary N) is 2. The first-order chi connectivity index (χ1) is 11.2. The molecule has 0 spiro atoms. The summed E-state index contributed by atoms with van der Waals surface area (Å²) >= 11 is 1.68. The van der Waals surface area contributed by atoms with Crippen LogP contribution >= 0.6 is 11.3 Å². The molecule has 3 amide bonds. The van der Waals surface area contributed by atoms with Gasteiger partial charge in [-0.15, -0.1) is 11.3 Å². The van der Waals surface area contributed by atoms with Crippen molar-refractivity contribution >= 4 is 33.5 Å². The molecule has 1 aromatic carbocycles. The summed E-state index contributed by atoms with van der Waals surface area (Å²) in [5.74, 6) is -0.274. The van der Waals surface area contributed by atoms with Crippen molar-refractivity contribution in [3.05, 3.63) is 29.3 Å². The number of likely N-dealkylation sites (tertiary alicyclic amines) is 1. The molecule has 1 fully saturated rings. The molecule has 6 nitrogen and oxygen atoms in total. The molecule has 0 bridgehead atoms. The van der Waals surface area contributed by atoms with Crippen molar-refractivity contribution in [3.8, 4) is 0 Å². The van der Waals surface area contributed by atoms with Gasteiger partial charge in [-0.1, -0.05) is 12.1 Å². The molecule has 1 saturated heterocycles. The number of nitrogens with zero attached hydrogens (tertiary/aromatic N) is 2. The first-order valence-electron chi connectivity index (χ1n) is 7.84. The molecule has 23 heavy (non-hydrogen) atoms. The Bertz CT molecular complexity index is 682. The fourth-order valence-electron chi connectivity index (χ4n) is 2.88. The zero-order valence-electron chi connectivity index (χ0n) is 13.0. The number of carbonyl (C=O) groups is 2. The van der Waals surface area contributed by atoms with Crippen molar-refractivity contribution in [2.75, 3.05) is 19.6 Å². The predicted octanol–water partition coefficient (Wildman–Crippen LogP) is 2.28. The van der Waals surface area contributed by atoms with Crippen LogP contribution in [0.15, 0.2) is 24.3 Å². The van der Waals surface area contributed by atoms with Crippen LogP contribution in [-0.4, -0.2) is 41.5 Å². The van der Waals surface area contributed by atoms with E-state index in [1.165, 1.54) is 4.70 Å². The second-order valence-corrected chi connectivity index (χ2v) is 6.62. The van der Waals surface area contributed by atoms with Crippen molar-refractivity contribution in [2.45, 2.75) is 25.8 Å². The van der Waals surface area contributed by atoms with E-state index in [1.807, 2.05) is 25.1 Å². The highest BCUT2D eigenvalue weighted by Gasteiger charge is 2.30. The van der Waals surface area contributed by atoms with Crippen LogP contribution in [0, 0.1) is 0 Å². The smallest absolute Gasteiger partial charge is 0.321 e. The Morgan fingerprint density at radius 2 is 2.22 bits per heavy atom. The molecule has 1 aliphatic rings. The second kappa shape index (κ2) is 7.06. The molecule has 2 heterocycles. The SMILES string of the molecule is CCNC(=O)NC(=O)CN1CCCC1c1nc2ccccc2s1. The van der Waals surface area contributed by atoms with Crippen molar-refractivity contribution in [3.63, 3.8) is 0 Å². The number of para-hydroxylation sites is 1. The summed E-state index contributed by atoms with van der Waals surface area (Å²) in [6.45, 7) is 3.38. The number of rotatable bonds is 4. The van der Waals surface area contributed by atoms with Gasteiger partial charge in [0.1, 0.15) is 5.01 Å². The summed E-state index contributed by atoms with van der Waals surface area (Å²) in [4.78, 5) is 30.2. The molecule has 1 aromatic heterocycles. The maximum absolute atomic E-state index is 12.0. The zero-order chi connectivity index (χ0) is 16.2. The second-order valence-electron chi connectivity index (χ2n) is 5.56. The molecule has 3 rings (SSSR count). The lowest BCUT2D eigenvalue weighted by Crippen LogP contribution is -2.44. The molecule has 0 radical (unpaired) electrons. The molecule has 0 aliphatic carbocycles. The Balaban J connectivity index is 1.67. The monoisotopic (exact) mass is 332 g/mol. The lowest BCUT2D eigenvalue weighted by Gasteiger charge is -2.21. The minimum atomic E-state index is -0.437. The maximum atomic E-state index is 12.0. The third-order valence-electron chi connectivity index (χ3n) is 3.90. The Hall–Kier alpha value is -1.99. The van der Waals surface area contributed by atoms with Gasteiger partial charge in [0.2, 0.25) is 5.91 Å². The average Bonchev–Trinajstić information content (AvgIpc) is 3.12. The molecule has 1 atom stereocenters. The van der Waals surface area contributed by atoms with E-state index < -0.39 is 6.03 Å². The molecule has 7 heteroatoms. The van der Waals surface area contributed by atoms with E-state index in [9.17, 15) is 9.59 Å². The number of urea groups is 1. The normalized spacial score (nSPS) is 18.2. The minimum absolute atomic E-state index is 0.160. The van der Waals surface area contributed by atoms with Crippen LogP contribution in [0.2, 0.25) is 0 Å². The molecule has 2 N–H and O–H groups in total. The zero-order valence-corrected chi connectivity index (χ0v) is 13.9. The van der Waals surface area contributed by atoms with Gasteiger partial charge in [0.05, 0.1) is 22.8 Å². The summed E-state index contributed by atoms with van der Waals surface area (Å²) < 4.78 is 1.17.